The van der Waals surface area contributed by atoms with Crippen LogP contribution in [0.25, 0.3) is 0 Å². The van der Waals surface area contributed by atoms with Crippen LogP contribution in [0.1, 0.15) is 29.3 Å². The molecule has 2 N–H and O–H groups in total. The van der Waals surface area contributed by atoms with Gasteiger partial charge in [-0.1, -0.05) is 37.3 Å². The molecule has 0 spiro atoms. The number of hydrogen-bond donors (Lipinski definition) is 2. The van der Waals surface area contributed by atoms with Crippen LogP contribution in [0.5, 0.6) is 5.75 Å². The van der Waals surface area contributed by atoms with Gasteiger partial charge in [0.15, 0.2) is 6.61 Å². The monoisotopic (exact) mass is 439 g/mol. The molecular formula is C23H25N3O6. The third-order valence-corrected chi connectivity index (χ3v) is 5.06. The lowest BCUT2D eigenvalue weighted by Gasteiger charge is -2.18. The first kappa shape index (κ1) is 22.8. The molecule has 2 aromatic carbocycles. The summed E-state index contributed by atoms with van der Waals surface area (Å²) in [7, 11) is 1.44. The Morgan fingerprint density at radius 1 is 1.09 bits per heavy atom. The zero-order valence-corrected chi connectivity index (χ0v) is 17.9. The lowest BCUT2D eigenvalue weighted by atomic mass is 10.1. The Kier molecular flexibility index (Phi) is 7.43. The Balaban J connectivity index is 1.51. The van der Waals surface area contributed by atoms with Crippen LogP contribution in [0, 0.1) is 5.92 Å². The van der Waals surface area contributed by atoms with Crippen molar-refractivity contribution in [2.24, 2.45) is 5.92 Å². The Bertz CT molecular complexity index is 1020. The average Bonchev–Trinajstić information content (AvgIpc) is 3.17. The number of para-hydroxylation sites is 2. The van der Waals surface area contributed by atoms with Gasteiger partial charge >= 0.3 is 5.97 Å². The third kappa shape index (κ3) is 5.42. The summed E-state index contributed by atoms with van der Waals surface area (Å²) < 4.78 is 10.2. The van der Waals surface area contributed by atoms with Crippen molar-refractivity contribution >= 4 is 29.4 Å². The number of aryl methyl sites for hydroxylation is 1. The quantitative estimate of drug-likeness (QED) is 0.608. The number of anilines is 1. The third-order valence-electron chi connectivity index (χ3n) is 5.06. The molecule has 1 aliphatic rings. The van der Waals surface area contributed by atoms with Crippen molar-refractivity contribution in [3.8, 4) is 5.75 Å². The van der Waals surface area contributed by atoms with Crippen molar-refractivity contribution in [1.29, 1.82) is 0 Å². The number of hydrazine groups is 1. The van der Waals surface area contributed by atoms with E-state index < -0.39 is 36.2 Å². The normalized spacial score (nSPS) is 15.2. The number of benzene rings is 2. The predicted octanol–water partition coefficient (Wildman–Crippen LogP) is 1.93. The van der Waals surface area contributed by atoms with Gasteiger partial charge in [-0.15, -0.1) is 0 Å². The van der Waals surface area contributed by atoms with E-state index in [0.717, 1.165) is 17.0 Å². The molecule has 168 valence electrons. The fourth-order valence-electron chi connectivity index (χ4n) is 3.38. The zero-order valence-electron chi connectivity index (χ0n) is 17.9. The molecule has 1 atom stereocenters. The Hall–Kier alpha value is -3.88. The minimum absolute atomic E-state index is 0.0428. The van der Waals surface area contributed by atoms with Gasteiger partial charge in [0.1, 0.15) is 5.75 Å². The SMILES string of the molecule is CCc1ccccc1NC(=O)COC(=O)[C@H]1CC(=O)N(NC(=O)c2ccccc2OC)C1. The number of carbonyl (C=O) groups is 4. The lowest BCUT2D eigenvalue weighted by molar-refractivity contribution is -0.151. The van der Waals surface area contributed by atoms with Gasteiger partial charge in [0.25, 0.3) is 11.8 Å². The molecule has 1 aliphatic heterocycles. The molecule has 0 aliphatic carbocycles. The summed E-state index contributed by atoms with van der Waals surface area (Å²) in [6.45, 7) is 1.47. The summed E-state index contributed by atoms with van der Waals surface area (Å²) in [6, 6.07) is 14.0. The van der Waals surface area contributed by atoms with E-state index in [4.69, 9.17) is 9.47 Å². The summed E-state index contributed by atoms with van der Waals surface area (Å²) in [5.74, 6) is -2.51. The summed E-state index contributed by atoms with van der Waals surface area (Å²) in [4.78, 5) is 49.3. The van der Waals surface area contributed by atoms with E-state index in [9.17, 15) is 19.2 Å². The summed E-state index contributed by atoms with van der Waals surface area (Å²) in [5.41, 5.74) is 4.39. The fourth-order valence-corrected chi connectivity index (χ4v) is 3.38. The van der Waals surface area contributed by atoms with E-state index in [1.54, 1.807) is 36.4 Å². The maximum atomic E-state index is 12.5. The summed E-state index contributed by atoms with van der Waals surface area (Å²) >= 11 is 0. The second-order valence-electron chi connectivity index (χ2n) is 7.21. The van der Waals surface area contributed by atoms with Crippen LogP contribution in [0.4, 0.5) is 5.69 Å². The molecule has 3 rings (SSSR count). The van der Waals surface area contributed by atoms with E-state index in [-0.39, 0.29) is 18.5 Å². The minimum atomic E-state index is -0.781. The Morgan fingerprint density at radius 3 is 2.56 bits per heavy atom. The van der Waals surface area contributed by atoms with Crippen LogP contribution in [0.15, 0.2) is 48.5 Å². The number of ether oxygens (including phenoxy) is 2. The smallest absolute Gasteiger partial charge is 0.311 e. The number of amides is 3. The van der Waals surface area contributed by atoms with Gasteiger partial charge in [0.2, 0.25) is 5.91 Å². The minimum Gasteiger partial charge on any atom is -0.496 e. The lowest BCUT2D eigenvalue weighted by Crippen LogP contribution is -2.43. The van der Waals surface area contributed by atoms with E-state index >= 15 is 0 Å². The highest BCUT2D eigenvalue weighted by Gasteiger charge is 2.37. The van der Waals surface area contributed by atoms with Gasteiger partial charge in [0, 0.05) is 12.1 Å². The highest BCUT2D eigenvalue weighted by molar-refractivity contribution is 5.99. The van der Waals surface area contributed by atoms with Crippen LogP contribution in [-0.2, 0) is 25.5 Å². The topological polar surface area (TPSA) is 114 Å². The number of hydrogen-bond acceptors (Lipinski definition) is 6. The molecule has 32 heavy (non-hydrogen) atoms. The molecule has 0 aromatic heterocycles. The van der Waals surface area contributed by atoms with Crippen LogP contribution in [0.2, 0.25) is 0 Å². The van der Waals surface area contributed by atoms with Gasteiger partial charge in [-0.25, -0.2) is 0 Å². The van der Waals surface area contributed by atoms with Gasteiger partial charge in [0.05, 0.1) is 25.1 Å². The van der Waals surface area contributed by atoms with E-state index in [2.05, 4.69) is 10.7 Å². The van der Waals surface area contributed by atoms with Crippen LogP contribution in [-0.4, -0.2) is 49.0 Å². The number of nitrogens with zero attached hydrogens (tertiary/aromatic N) is 1. The van der Waals surface area contributed by atoms with Crippen LogP contribution >= 0.6 is 0 Å². The van der Waals surface area contributed by atoms with Crippen molar-refractivity contribution in [2.45, 2.75) is 19.8 Å². The van der Waals surface area contributed by atoms with Crippen LogP contribution < -0.4 is 15.5 Å². The van der Waals surface area contributed by atoms with Crippen molar-refractivity contribution in [2.75, 3.05) is 25.6 Å². The molecule has 0 unspecified atom stereocenters. The molecule has 0 radical (unpaired) electrons. The number of esters is 1. The maximum absolute atomic E-state index is 12.5. The standard InChI is InChI=1S/C23H25N3O6/c1-3-15-8-4-6-10-18(15)24-20(27)14-32-23(30)16-12-21(28)26(13-16)25-22(29)17-9-5-7-11-19(17)31-2/h4-11,16H,3,12-14H2,1-2H3,(H,24,27)(H,25,29)/t16-/m0/s1. The molecule has 3 amide bonds. The first-order valence-electron chi connectivity index (χ1n) is 10.2. The van der Waals surface area contributed by atoms with E-state index in [1.165, 1.54) is 7.11 Å². The summed E-state index contributed by atoms with van der Waals surface area (Å²) in [5, 5.41) is 3.80. The van der Waals surface area contributed by atoms with Crippen molar-refractivity contribution in [3.63, 3.8) is 0 Å². The molecule has 1 heterocycles. The average molecular weight is 439 g/mol. The second kappa shape index (κ2) is 10.4. The van der Waals surface area contributed by atoms with E-state index in [0.29, 0.717) is 11.4 Å². The number of rotatable bonds is 8. The fraction of sp³-hybridized carbons (Fsp3) is 0.304. The first-order chi connectivity index (χ1) is 15.4. The van der Waals surface area contributed by atoms with Gasteiger partial charge in [-0.2, -0.15) is 0 Å². The Morgan fingerprint density at radius 2 is 1.81 bits per heavy atom. The Labute approximate surface area is 185 Å². The molecule has 1 fully saturated rings. The van der Waals surface area contributed by atoms with Crippen molar-refractivity contribution in [1.82, 2.24) is 10.4 Å². The highest BCUT2D eigenvalue weighted by Crippen LogP contribution is 2.21. The number of carbonyl (C=O) groups excluding carboxylic acids is 4. The van der Waals surface area contributed by atoms with Crippen molar-refractivity contribution < 1.29 is 28.7 Å². The van der Waals surface area contributed by atoms with Gasteiger partial charge in [-0.3, -0.25) is 29.6 Å². The maximum Gasteiger partial charge on any atom is 0.311 e. The first-order valence-corrected chi connectivity index (χ1v) is 10.2. The largest absolute Gasteiger partial charge is 0.496 e. The second-order valence-corrected chi connectivity index (χ2v) is 7.21. The molecule has 1 saturated heterocycles. The summed E-state index contributed by atoms with van der Waals surface area (Å²) in [6.07, 6.45) is 0.627. The number of nitrogens with one attached hydrogen (secondary N) is 2. The molecule has 2 aromatic rings. The van der Waals surface area contributed by atoms with Gasteiger partial charge < -0.3 is 14.8 Å². The van der Waals surface area contributed by atoms with Gasteiger partial charge in [-0.05, 0) is 30.2 Å². The molecule has 0 bridgehead atoms. The molecule has 0 saturated carbocycles. The zero-order chi connectivity index (χ0) is 23.1. The van der Waals surface area contributed by atoms with E-state index in [1.807, 2.05) is 19.1 Å². The molecule has 9 heteroatoms. The molecular weight excluding hydrogens is 414 g/mol. The predicted molar refractivity (Wildman–Crippen MR) is 116 cm³/mol. The molecule has 9 nitrogen and oxygen atoms in total. The number of methoxy groups -OCH3 is 1. The van der Waals surface area contributed by atoms with Crippen LogP contribution in [0.3, 0.4) is 0 Å². The highest BCUT2D eigenvalue weighted by atomic mass is 16.5. The van der Waals surface area contributed by atoms with Crippen molar-refractivity contribution in [3.05, 3.63) is 59.7 Å².